The quantitative estimate of drug-likeness (QED) is 0.637. The third-order valence-corrected chi connectivity index (χ3v) is 7.28. The molecular formula is C22H32N4O6. The lowest BCUT2D eigenvalue weighted by molar-refractivity contribution is -0.133. The molecule has 1 aromatic heterocycles. The lowest BCUT2D eigenvalue weighted by Crippen LogP contribution is -2.43. The maximum absolute atomic E-state index is 12.7. The SMILES string of the molecule is Cc1cc(C(=O)NC[C@H]2[C@H]3CN(CC(=O)N4CCCCC4)C[C@]34CC[C@H]2O4)no1.O=CO. The van der Waals surface area contributed by atoms with Crippen LogP contribution in [0.2, 0.25) is 0 Å². The molecule has 4 aliphatic heterocycles. The van der Waals surface area contributed by atoms with Crippen LogP contribution in [0.3, 0.4) is 0 Å². The monoisotopic (exact) mass is 448 g/mol. The molecule has 0 aliphatic carbocycles. The van der Waals surface area contributed by atoms with Gasteiger partial charge in [-0.25, -0.2) is 0 Å². The minimum Gasteiger partial charge on any atom is -0.483 e. The lowest BCUT2D eigenvalue weighted by atomic mass is 9.73. The van der Waals surface area contributed by atoms with Crippen molar-refractivity contribution in [3.05, 3.63) is 17.5 Å². The number of aryl methyl sites for hydroxylation is 1. The van der Waals surface area contributed by atoms with Crippen molar-refractivity contribution in [1.82, 2.24) is 20.3 Å². The van der Waals surface area contributed by atoms with Gasteiger partial charge in [0.2, 0.25) is 5.91 Å². The molecule has 10 heteroatoms. The molecular weight excluding hydrogens is 416 g/mol. The number of rotatable bonds is 5. The van der Waals surface area contributed by atoms with Crippen molar-refractivity contribution in [3.8, 4) is 0 Å². The Morgan fingerprint density at radius 1 is 1.34 bits per heavy atom. The van der Waals surface area contributed by atoms with E-state index in [9.17, 15) is 9.59 Å². The Morgan fingerprint density at radius 3 is 2.78 bits per heavy atom. The number of hydrogen-bond donors (Lipinski definition) is 2. The predicted molar refractivity (Wildman–Crippen MR) is 113 cm³/mol. The molecule has 1 spiro atoms. The molecule has 0 unspecified atom stereocenters. The Kier molecular flexibility index (Phi) is 6.80. The first-order valence-electron chi connectivity index (χ1n) is 11.4. The fourth-order valence-electron chi connectivity index (χ4n) is 5.89. The number of ether oxygens (including phenoxy) is 1. The van der Waals surface area contributed by atoms with E-state index in [1.54, 1.807) is 13.0 Å². The van der Waals surface area contributed by atoms with E-state index < -0.39 is 0 Å². The average Bonchev–Trinajstić information content (AvgIpc) is 3.54. The van der Waals surface area contributed by atoms with Gasteiger partial charge in [-0.3, -0.25) is 19.3 Å². The van der Waals surface area contributed by atoms with Gasteiger partial charge in [0.1, 0.15) is 5.76 Å². The summed E-state index contributed by atoms with van der Waals surface area (Å²) in [6, 6.07) is 1.65. The van der Waals surface area contributed by atoms with Gasteiger partial charge >= 0.3 is 0 Å². The van der Waals surface area contributed by atoms with Crippen molar-refractivity contribution >= 4 is 18.3 Å². The maximum atomic E-state index is 12.7. The molecule has 4 atom stereocenters. The van der Waals surface area contributed by atoms with Gasteiger partial charge in [0.15, 0.2) is 5.69 Å². The highest BCUT2D eigenvalue weighted by Crippen LogP contribution is 2.54. The van der Waals surface area contributed by atoms with Gasteiger partial charge in [-0.2, -0.15) is 0 Å². The van der Waals surface area contributed by atoms with Crippen LogP contribution in [0, 0.1) is 18.8 Å². The highest BCUT2D eigenvalue weighted by atomic mass is 16.5. The summed E-state index contributed by atoms with van der Waals surface area (Å²) in [4.78, 5) is 37.7. The Labute approximate surface area is 187 Å². The molecule has 10 nitrogen and oxygen atoms in total. The van der Waals surface area contributed by atoms with Crippen molar-refractivity contribution in [2.75, 3.05) is 39.3 Å². The number of fused-ring (bicyclic) bond motifs is 1. The van der Waals surface area contributed by atoms with E-state index >= 15 is 0 Å². The molecule has 2 bridgehead atoms. The Balaban J connectivity index is 0.000000775. The van der Waals surface area contributed by atoms with Crippen LogP contribution in [0.25, 0.3) is 0 Å². The number of nitrogens with one attached hydrogen (secondary N) is 1. The van der Waals surface area contributed by atoms with Crippen LogP contribution >= 0.6 is 0 Å². The molecule has 2 N–H and O–H groups in total. The fraction of sp³-hybridized carbons (Fsp3) is 0.727. The summed E-state index contributed by atoms with van der Waals surface area (Å²) < 4.78 is 11.4. The zero-order valence-corrected chi connectivity index (χ0v) is 18.5. The van der Waals surface area contributed by atoms with Crippen molar-refractivity contribution in [2.45, 2.75) is 50.7 Å². The van der Waals surface area contributed by atoms with E-state index in [4.69, 9.17) is 19.2 Å². The highest BCUT2D eigenvalue weighted by Gasteiger charge is 2.62. The average molecular weight is 449 g/mol. The minimum atomic E-state index is -0.250. The zero-order chi connectivity index (χ0) is 22.7. The molecule has 0 aromatic carbocycles. The van der Waals surface area contributed by atoms with Crippen LogP contribution in [0.1, 0.15) is 48.4 Å². The number of piperidine rings is 1. The van der Waals surface area contributed by atoms with Gasteiger partial charge < -0.3 is 24.6 Å². The third kappa shape index (κ3) is 4.52. The second-order valence-corrected chi connectivity index (χ2v) is 9.28. The minimum absolute atomic E-state index is 0.132. The lowest BCUT2D eigenvalue weighted by Gasteiger charge is -2.29. The van der Waals surface area contributed by atoms with Gasteiger partial charge in [-0.15, -0.1) is 0 Å². The Bertz CT molecular complexity index is 838. The van der Waals surface area contributed by atoms with Crippen LogP contribution in [-0.4, -0.2) is 89.3 Å². The molecule has 4 saturated heterocycles. The van der Waals surface area contributed by atoms with Gasteiger partial charge in [0, 0.05) is 50.6 Å². The van der Waals surface area contributed by atoms with E-state index in [1.807, 2.05) is 4.90 Å². The number of nitrogens with zero attached hydrogens (tertiary/aromatic N) is 3. The summed E-state index contributed by atoms with van der Waals surface area (Å²) in [5.74, 6) is 1.34. The van der Waals surface area contributed by atoms with Gasteiger partial charge in [-0.1, -0.05) is 5.16 Å². The molecule has 4 aliphatic rings. The second-order valence-electron chi connectivity index (χ2n) is 9.28. The zero-order valence-electron chi connectivity index (χ0n) is 18.5. The number of hydrogen-bond acceptors (Lipinski definition) is 7. The number of carboxylic acid groups (broad SMARTS) is 1. The standard InChI is InChI=1S/C21H30N4O4.CH2O2/c1-14-9-17(23-29-14)20(27)22-10-15-16-11-24(13-21(16)6-5-18(15)28-21)12-19(26)25-7-3-2-4-8-25;2-1-3/h9,15-16,18H,2-8,10-13H2,1H3,(H,22,27);1H,(H,2,3)/t15-,16+,18+,21+;/m0./s1. The first-order valence-corrected chi connectivity index (χ1v) is 11.4. The Morgan fingerprint density at radius 2 is 2.09 bits per heavy atom. The molecule has 0 saturated carbocycles. The van der Waals surface area contributed by atoms with Gasteiger partial charge in [-0.05, 0) is 39.0 Å². The number of carbonyl (C=O) groups excluding carboxylic acids is 2. The second kappa shape index (κ2) is 9.58. The molecule has 176 valence electrons. The number of amides is 2. The molecule has 32 heavy (non-hydrogen) atoms. The molecule has 5 heterocycles. The van der Waals surface area contributed by atoms with Crippen LogP contribution in [0.5, 0.6) is 0 Å². The number of likely N-dealkylation sites (tertiary alicyclic amines) is 2. The van der Waals surface area contributed by atoms with E-state index in [2.05, 4.69) is 15.4 Å². The van der Waals surface area contributed by atoms with E-state index in [-0.39, 0.29) is 35.9 Å². The molecule has 1 aromatic rings. The Hall–Kier alpha value is -2.46. The smallest absolute Gasteiger partial charge is 0.290 e. The summed E-state index contributed by atoms with van der Waals surface area (Å²) in [6.45, 7) is 6.10. The first kappa shape index (κ1) is 22.7. The summed E-state index contributed by atoms with van der Waals surface area (Å²) in [7, 11) is 0. The normalized spacial score (nSPS) is 31.0. The number of carbonyl (C=O) groups is 3. The highest BCUT2D eigenvalue weighted by molar-refractivity contribution is 5.92. The summed E-state index contributed by atoms with van der Waals surface area (Å²) in [5, 5.41) is 13.7. The fourth-order valence-corrected chi connectivity index (χ4v) is 5.89. The van der Waals surface area contributed by atoms with Crippen molar-refractivity contribution in [2.24, 2.45) is 11.8 Å². The summed E-state index contributed by atoms with van der Waals surface area (Å²) in [5.41, 5.74) is 0.189. The number of aromatic nitrogens is 1. The maximum Gasteiger partial charge on any atom is 0.290 e. The van der Waals surface area contributed by atoms with Crippen molar-refractivity contribution in [1.29, 1.82) is 0 Å². The van der Waals surface area contributed by atoms with Crippen molar-refractivity contribution < 1.29 is 28.8 Å². The molecule has 2 amide bonds. The van der Waals surface area contributed by atoms with E-state index in [0.29, 0.717) is 30.5 Å². The van der Waals surface area contributed by atoms with Crippen molar-refractivity contribution in [3.63, 3.8) is 0 Å². The summed E-state index contributed by atoms with van der Waals surface area (Å²) in [6.07, 6.45) is 5.78. The topological polar surface area (TPSA) is 125 Å². The van der Waals surface area contributed by atoms with E-state index in [1.165, 1.54) is 6.42 Å². The molecule has 0 radical (unpaired) electrons. The molecule has 5 rings (SSSR count). The van der Waals surface area contributed by atoms with Gasteiger partial charge in [0.05, 0.1) is 18.2 Å². The summed E-state index contributed by atoms with van der Waals surface area (Å²) >= 11 is 0. The molecule has 4 fully saturated rings. The van der Waals surface area contributed by atoms with E-state index in [0.717, 1.165) is 51.9 Å². The van der Waals surface area contributed by atoms with Crippen LogP contribution < -0.4 is 5.32 Å². The largest absolute Gasteiger partial charge is 0.483 e. The van der Waals surface area contributed by atoms with Gasteiger partial charge in [0.25, 0.3) is 12.4 Å². The first-order chi connectivity index (χ1) is 15.5. The third-order valence-electron chi connectivity index (χ3n) is 7.28. The van der Waals surface area contributed by atoms with Crippen LogP contribution in [-0.2, 0) is 14.3 Å². The predicted octanol–water partition coefficient (Wildman–Crippen LogP) is 0.906. The van der Waals surface area contributed by atoms with Crippen LogP contribution in [0.15, 0.2) is 10.6 Å². The van der Waals surface area contributed by atoms with Crippen LogP contribution in [0.4, 0.5) is 0 Å².